The van der Waals surface area contributed by atoms with Crippen LogP contribution in [0.5, 0.6) is 0 Å². The molecule has 0 saturated carbocycles. The van der Waals surface area contributed by atoms with E-state index >= 15 is 0 Å². The van der Waals surface area contributed by atoms with Gasteiger partial charge in [0, 0.05) is 44.6 Å². The Hall–Kier alpha value is -3.55. The summed E-state index contributed by atoms with van der Waals surface area (Å²) in [6.45, 7) is 4.67. The number of rotatable bonds is 4. The van der Waals surface area contributed by atoms with Crippen molar-refractivity contribution < 1.29 is 22.8 Å². The Morgan fingerprint density at radius 3 is 2.47 bits per heavy atom. The maximum absolute atomic E-state index is 13.3. The average molecular weight is 470 g/mol. The fourth-order valence-corrected chi connectivity index (χ4v) is 4.85. The van der Waals surface area contributed by atoms with Crippen molar-refractivity contribution in [3.05, 3.63) is 77.4 Å². The van der Waals surface area contributed by atoms with E-state index in [1.54, 1.807) is 23.9 Å². The van der Waals surface area contributed by atoms with Crippen LogP contribution in [-0.2, 0) is 21.2 Å². The van der Waals surface area contributed by atoms with Crippen molar-refractivity contribution in [3.63, 3.8) is 0 Å². The Morgan fingerprint density at radius 1 is 1.15 bits per heavy atom. The molecular formula is C26H26F3N3O2. The third-order valence-corrected chi connectivity index (χ3v) is 6.84. The molecule has 5 nitrogen and oxygen atoms in total. The highest BCUT2D eigenvalue weighted by Gasteiger charge is 2.51. The molecule has 0 radical (unpaired) electrons. The zero-order valence-corrected chi connectivity index (χ0v) is 19.1. The van der Waals surface area contributed by atoms with Gasteiger partial charge in [0.1, 0.15) is 0 Å². The smallest absolute Gasteiger partial charge is 0.388 e. The summed E-state index contributed by atoms with van der Waals surface area (Å²) in [6, 6.07) is 11.0. The predicted molar refractivity (Wildman–Crippen MR) is 126 cm³/mol. The van der Waals surface area contributed by atoms with Crippen molar-refractivity contribution in [3.8, 4) is 0 Å². The van der Waals surface area contributed by atoms with Crippen molar-refractivity contribution in [2.45, 2.75) is 24.4 Å². The molecule has 0 aliphatic carbocycles. The molecule has 0 unspecified atom stereocenters. The topological polar surface area (TPSA) is 52.7 Å². The minimum atomic E-state index is -4.50. The lowest BCUT2D eigenvalue weighted by Gasteiger charge is -2.38. The van der Waals surface area contributed by atoms with E-state index in [2.05, 4.69) is 11.9 Å². The van der Waals surface area contributed by atoms with Crippen molar-refractivity contribution in [1.82, 2.24) is 10.2 Å². The lowest BCUT2D eigenvalue weighted by molar-refractivity contribution is -0.137. The summed E-state index contributed by atoms with van der Waals surface area (Å²) in [5.41, 5.74) is 1.85. The number of benzene rings is 2. The zero-order chi connectivity index (χ0) is 24.7. The quantitative estimate of drug-likeness (QED) is 0.674. The number of likely N-dealkylation sites (tertiary alicyclic amines) is 1. The number of likely N-dealkylation sites (N-methyl/N-ethyl adjacent to an activating group) is 1. The van der Waals surface area contributed by atoms with E-state index < -0.39 is 17.2 Å². The second-order valence-electron chi connectivity index (χ2n) is 8.65. The van der Waals surface area contributed by atoms with E-state index in [0.717, 1.165) is 28.6 Å². The van der Waals surface area contributed by atoms with Gasteiger partial charge in [-0.15, -0.1) is 0 Å². The molecule has 2 aliphatic heterocycles. The maximum atomic E-state index is 13.3. The number of hydrogen-bond donors (Lipinski definition) is 1. The number of anilines is 1. The molecular weight excluding hydrogens is 443 g/mol. The first-order valence-corrected chi connectivity index (χ1v) is 11.0. The van der Waals surface area contributed by atoms with Crippen LogP contribution >= 0.6 is 0 Å². The summed E-state index contributed by atoms with van der Waals surface area (Å²) >= 11 is 0. The molecule has 1 spiro atoms. The zero-order valence-electron chi connectivity index (χ0n) is 19.1. The molecule has 2 heterocycles. The van der Waals surface area contributed by atoms with Crippen molar-refractivity contribution in [2.75, 3.05) is 32.1 Å². The number of halogens is 3. The van der Waals surface area contributed by atoms with Gasteiger partial charge in [0.15, 0.2) is 0 Å². The summed E-state index contributed by atoms with van der Waals surface area (Å²) in [5.74, 6) is -0.375. The molecule has 8 heteroatoms. The lowest BCUT2D eigenvalue weighted by Crippen LogP contribution is -2.49. The highest BCUT2D eigenvalue weighted by atomic mass is 19.4. The Morgan fingerprint density at radius 2 is 1.82 bits per heavy atom. The van der Waals surface area contributed by atoms with Gasteiger partial charge in [0.25, 0.3) is 0 Å². The third-order valence-electron chi connectivity index (χ3n) is 6.84. The SMILES string of the molecule is C=C(NC)c1ccc2c(c1)C1(CCN(C(=O)/C=C/c3ccccc3C(F)(F)F)CC1)C(=O)N2C. The predicted octanol–water partition coefficient (Wildman–Crippen LogP) is 4.45. The molecule has 34 heavy (non-hydrogen) atoms. The van der Waals surface area contributed by atoms with Gasteiger partial charge in [0.2, 0.25) is 11.8 Å². The molecule has 2 aromatic rings. The summed E-state index contributed by atoms with van der Waals surface area (Å²) in [5, 5.41) is 3.03. The van der Waals surface area contributed by atoms with Crippen LogP contribution in [0.4, 0.5) is 18.9 Å². The lowest BCUT2D eigenvalue weighted by atomic mass is 9.73. The Bertz CT molecular complexity index is 1180. The minimum absolute atomic E-state index is 0.00327. The molecule has 0 atom stereocenters. The fraction of sp³-hybridized carbons (Fsp3) is 0.308. The number of piperidine rings is 1. The molecule has 1 fully saturated rings. The second kappa shape index (κ2) is 8.66. The number of nitrogens with one attached hydrogen (secondary N) is 1. The van der Waals surface area contributed by atoms with Gasteiger partial charge in [-0.3, -0.25) is 9.59 Å². The molecule has 1 saturated heterocycles. The van der Waals surface area contributed by atoms with E-state index in [0.29, 0.717) is 25.9 Å². The van der Waals surface area contributed by atoms with Gasteiger partial charge >= 0.3 is 6.18 Å². The van der Waals surface area contributed by atoms with Crippen molar-refractivity contribution in [2.24, 2.45) is 0 Å². The van der Waals surface area contributed by atoms with Crippen molar-refractivity contribution in [1.29, 1.82) is 0 Å². The van der Waals surface area contributed by atoms with Gasteiger partial charge in [-0.25, -0.2) is 0 Å². The summed E-state index contributed by atoms with van der Waals surface area (Å²) in [6.07, 6.45) is -1.24. The number of amides is 2. The van der Waals surface area contributed by atoms with E-state index in [1.807, 2.05) is 18.2 Å². The fourth-order valence-electron chi connectivity index (χ4n) is 4.85. The monoisotopic (exact) mass is 469 g/mol. The first kappa shape index (κ1) is 23.6. The number of alkyl halides is 3. The van der Waals surface area contributed by atoms with Crippen LogP contribution in [0.2, 0.25) is 0 Å². The van der Waals surface area contributed by atoms with Gasteiger partial charge in [0.05, 0.1) is 11.0 Å². The Balaban J connectivity index is 1.53. The molecule has 4 rings (SSSR count). The van der Waals surface area contributed by atoms with E-state index in [9.17, 15) is 22.8 Å². The summed E-state index contributed by atoms with van der Waals surface area (Å²) < 4.78 is 39.6. The van der Waals surface area contributed by atoms with Crippen LogP contribution in [0, 0.1) is 0 Å². The Kier molecular flexibility index (Phi) is 6.02. The molecule has 1 N–H and O–H groups in total. The summed E-state index contributed by atoms with van der Waals surface area (Å²) in [7, 11) is 3.54. The van der Waals surface area contributed by atoms with E-state index in [-0.39, 0.29) is 17.4 Å². The average Bonchev–Trinajstić information content (AvgIpc) is 3.03. The van der Waals surface area contributed by atoms with E-state index in [4.69, 9.17) is 0 Å². The van der Waals surface area contributed by atoms with E-state index in [1.165, 1.54) is 30.4 Å². The van der Waals surface area contributed by atoms with Crippen LogP contribution in [0.3, 0.4) is 0 Å². The molecule has 2 aromatic carbocycles. The maximum Gasteiger partial charge on any atom is 0.416 e. The van der Waals surface area contributed by atoms with Gasteiger partial charge in [-0.05, 0) is 53.8 Å². The first-order chi connectivity index (χ1) is 16.1. The number of hydrogen-bond acceptors (Lipinski definition) is 3. The van der Waals surface area contributed by atoms with Crippen LogP contribution in [0.25, 0.3) is 11.8 Å². The standard InChI is InChI=1S/C26H26F3N3O2/c1-17(30-2)19-8-10-22-21(16-19)25(24(34)31(22)3)12-14-32(15-13-25)23(33)11-9-18-6-4-5-7-20(18)26(27,28)29/h4-11,16,30H,1,12-15H2,2-3H3/b11-9+. The van der Waals surface area contributed by atoms with Gasteiger partial charge in [-0.1, -0.05) is 30.8 Å². The van der Waals surface area contributed by atoms with Crippen molar-refractivity contribution >= 4 is 29.3 Å². The highest BCUT2D eigenvalue weighted by molar-refractivity contribution is 6.08. The number of carbonyl (C=O) groups excluding carboxylic acids is 2. The third kappa shape index (κ3) is 3.97. The Labute approximate surface area is 196 Å². The molecule has 2 amide bonds. The van der Waals surface area contributed by atoms with Crippen LogP contribution in [0.1, 0.15) is 35.1 Å². The van der Waals surface area contributed by atoms with Gasteiger partial charge < -0.3 is 15.1 Å². The number of nitrogens with zero attached hydrogens (tertiary/aromatic N) is 2. The van der Waals surface area contributed by atoms with Crippen LogP contribution in [0.15, 0.2) is 55.1 Å². The number of carbonyl (C=O) groups is 2. The molecule has 178 valence electrons. The molecule has 0 aromatic heterocycles. The molecule has 2 aliphatic rings. The largest absolute Gasteiger partial charge is 0.416 e. The normalized spacial score (nSPS) is 17.4. The number of fused-ring (bicyclic) bond motifs is 2. The minimum Gasteiger partial charge on any atom is -0.388 e. The first-order valence-electron chi connectivity index (χ1n) is 11.0. The second-order valence-corrected chi connectivity index (χ2v) is 8.65. The van der Waals surface area contributed by atoms with Crippen LogP contribution in [-0.4, -0.2) is 43.9 Å². The van der Waals surface area contributed by atoms with Crippen LogP contribution < -0.4 is 10.2 Å². The highest BCUT2D eigenvalue weighted by Crippen LogP contribution is 2.48. The molecule has 0 bridgehead atoms. The summed E-state index contributed by atoms with van der Waals surface area (Å²) in [4.78, 5) is 29.3. The van der Waals surface area contributed by atoms with Gasteiger partial charge in [-0.2, -0.15) is 13.2 Å².